The van der Waals surface area contributed by atoms with Crippen molar-refractivity contribution in [2.24, 2.45) is 0 Å². The van der Waals surface area contributed by atoms with Gasteiger partial charge in [-0.3, -0.25) is 4.79 Å². The fourth-order valence-electron chi connectivity index (χ4n) is 3.83. The number of ketones is 1. The van der Waals surface area contributed by atoms with Crippen LogP contribution in [0, 0.1) is 13.8 Å². The number of aromatic nitrogens is 2. The highest BCUT2D eigenvalue weighted by Gasteiger charge is 2.31. The Balaban J connectivity index is 1.65. The van der Waals surface area contributed by atoms with Gasteiger partial charge in [-0.05, 0) is 31.5 Å². The molecule has 2 heterocycles. The van der Waals surface area contributed by atoms with Gasteiger partial charge in [0.1, 0.15) is 0 Å². The fourth-order valence-corrected chi connectivity index (χ4v) is 3.83. The Kier molecular flexibility index (Phi) is 5.39. The third-order valence-corrected chi connectivity index (χ3v) is 5.66. The minimum absolute atomic E-state index is 0.0137. The predicted octanol–water partition coefficient (Wildman–Crippen LogP) is 5.50. The highest BCUT2D eigenvalue weighted by Crippen LogP contribution is 2.30. The van der Waals surface area contributed by atoms with Crippen LogP contribution in [0.1, 0.15) is 32.7 Å². The summed E-state index contributed by atoms with van der Waals surface area (Å²) in [7, 11) is 0. The highest BCUT2D eigenvalue weighted by atomic mass is 19.4. The summed E-state index contributed by atoms with van der Waals surface area (Å²) >= 11 is 0. The maximum atomic E-state index is 13.0. The summed E-state index contributed by atoms with van der Waals surface area (Å²) in [4.78, 5) is 12.8. The topological polar surface area (TPSA) is 25.9 Å². The number of carbonyl (C=O) groups is 1. The number of aryl methyl sites for hydroxylation is 1. The molecule has 31 heavy (non-hydrogen) atoms. The fraction of sp³-hybridized carbons (Fsp3) is 0.200. The zero-order chi connectivity index (χ0) is 22.2. The first-order valence-electron chi connectivity index (χ1n) is 9.97. The molecule has 0 unspecified atom stereocenters. The molecule has 0 aliphatic heterocycles. The van der Waals surface area contributed by atoms with Crippen molar-refractivity contribution in [1.82, 2.24) is 4.57 Å². The predicted molar refractivity (Wildman–Crippen MR) is 113 cm³/mol. The molecule has 0 aliphatic rings. The van der Waals surface area contributed by atoms with E-state index < -0.39 is 11.7 Å². The molecule has 0 radical (unpaired) electrons. The van der Waals surface area contributed by atoms with E-state index in [-0.39, 0.29) is 17.9 Å². The van der Waals surface area contributed by atoms with Crippen LogP contribution in [0.5, 0.6) is 0 Å². The van der Waals surface area contributed by atoms with E-state index in [9.17, 15) is 18.0 Å². The zero-order valence-corrected chi connectivity index (χ0v) is 17.3. The van der Waals surface area contributed by atoms with Crippen LogP contribution in [-0.2, 0) is 19.3 Å². The van der Waals surface area contributed by atoms with Crippen LogP contribution in [0.3, 0.4) is 0 Å². The van der Waals surface area contributed by atoms with Crippen molar-refractivity contribution in [3.8, 4) is 0 Å². The third-order valence-electron chi connectivity index (χ3n) is 5.66. The van der Waals surface area contributed by atoms with Gasteiger partial charge in [0.2, 0.25) is 0 Å². The quantitative estimate of drug-likeness (QED) is 0.308. The van der Waals surface area contributed by atoms with Crippen LogP contribution in [0.4, 0.5) is 13.2 Å². The maximum absolute atomic E-state index is 13.0. The summed E-state index contributed by atoms with van der Waals surface area (Å²) in [5.41, 5.74) is 3.29. The molecule has 0 fully saturated rings. The van der Waals surface area contributed by atoms with Crippen molar-refractivity contribution < 1.29 is 22.5 Å². The van der Waals surface area contributed by atoms with Crippen molar-refractivity contribution in [3.63, 3.8) is 0 Å². The van der Waals surface area contributed by atoms with Crippen molar-refractivity contribution in [2.45, 2.75) is 33.1 Å². The summed E-state index contributed by atoms with van der Waals surface area (Å²) in [6.07, 6.45) is -0.468. The Labute approximate surface area is 178 Å². The van der Waals surface area contributed by atoms with Gasteiger partial charge in [-0.1, -0.05) is 42.5 Å². The maximum Gasteiger partial charge on any atom is 0.416 e. The first-order chi connectivity index (χ1) is 14.7. The number of fused-ring (bicyclic) bond motifs is 1. The first-order valence-corrected chi connectivity index (χ1v) is 9.97. The van der Waals surface area contributed by atoms with Gasteiger partial charge in [0.25, 0.3) is 0 Å². The molecule has 0 amide bonds. The molecule has 2 aromatic carbocycles. The highest BCUT2D eigenvalue weighted by molar-refractivity contribution is 5.97. The zero-order valence-electron chi connectivity index (χ0n) is 17.3. The van der Waals surface area contributed by atoms with E-state index in [0.29, 0.717) is 0 Å². The SMILES string of the molecule is Cc1c(C)n(CC(=O)c2cccc(C(F)(F)F)c2)c2cc[n+](Cc3ccccc3)cc12. The van der Waals surface area contributed by atoms with Gasteiger partial charge in [-0.2, -0.15) is 13.2 Å². The van der Waals surface area contributed by atoms with Gasteiger partial charge < -0.3 is 4.57 Å². The Morgan fingerprint density at radius 2 is 1.74 bits per heavy atom. The number of halogens is 3. The second-order valence-electron chi connectivity index (χ2n) is 7.70. The molecule has 158 valence electrons. The minimum atomic E-state index is -4.48. The van der Waals surface area contributed by atoms with Crippen LogP contribution < -0.4 is 4.57 Å². The number of rotatable bonds is 5. The summed E-state index contributed by atoms with van der Waals surface area (Å²) < 4.78 is 43.0. The summed E-state index contributed by atoms with van der Waals surface area (Å²) in [5.74, 6) is -0.355. The van der Waals surface area contributed by atoms with E-state index in [2.05, 4.69) is 22.9 Å². The monoisotopic (exact) mass is 423 g/mol. The summed E-state index contributed by atoms with van der Waals surface area (Å²) in [6.45, 7) is 4.63. The van der Waals surface area contributed by atoms with Gasteiger partial charge in [0, 0.05) is 22.9 Å². The van der Waals surface area contributed by atoms with Crippen LogP contribution >= 0.6 is 0 Å². The Bertz CT molecular complexity index is 1260. The van der Waals surface area contributed by atoms with Gasteiger partial charge >= 0.3 is 6.18 Å². The standard InChI is InChI=1S/C25H22F3N2O/c1-17-18(2)30(16-24(31)20-9-6-10-21(13-20)25(26,27)28)23-11-12-29(15-22(17)23)14-19-7-4-3-5-8-19/h3-13,15H,14,16H2,1-2H3/q+1. The molecule has 0 atom stereocenters. The van der Waals surface area contributed by atoms with Crippen molar-refractivity contribution in [3.05, 3.63) is 101 Å². The number of Topliss-reactive ketones (excluding diaryl/α,β-unsaturated/α-hetero) is 1. The third kappa shape index (κ3) is 4.24. The van der Waals surface area contributed by atoms with Gasteiger partial charge in [0.05, 0.1) is 23.0 Å². The largest absolute Gasteiger partial charge is 0.416 e. The summed E-state index contributed by atoms with van der Waals surface area (Å²) in [5, 5.41) is 1.02. The van der Waals surface area contributed by atoms with Gasteiger partial charge in [-0.15, -0.1) is 0 Å². The number of nitrogens with zero attached hydrogens (tertiary/aromatic N) is 2. The number of hydrogen-bond donors (Lipinski definition) is 0. The lowest BCUT2D eigenvalue weighted by Crippen LogP contribution is -2.33. The number of pyridine rings is 1. The Morgan fingerprint density at radius 1 is 1.00 bits per heavy atom. The molecular weight excluding hydrogens is 401 g/mol. The van der Waals surface area contributed by atoms with Crippen LogP contribution in [0.15, 0.2) is 73.1 Å². The van der Waals surface area contributed by atoms with Crippen molar-refractivity contribution in [1.29, 1.82) is 0 Å². The molecule has 0 N–H and O–H groups in total. The number of benzene rings is 2. The minimum Gasteiger partial charge on any atom is -0.336 e. The van der Waals surface area contributed by atoms with Crippen molar-refractivity contribution in [2.75, 3.05) is 0 Å². The van der Waals surface area contributed by atoms with E-state index in [1.165, 1.54) is 17.7 Å². The van der Waals surface area contributed by atoms with E-state index in [1.54, 1.807) is 0 Å². The smallest absolute Gasteiger partial charge is 0.336 e. The molecule has 0 bridgehead atoms. The second kappa shape index (κ2) is 8.02. The number of carbonyl (C=O) groups excluding carboxylic acids is 1. The van der Waals surface area contributed by atoms with Crippen LogP contribution in [-0.4, -0.2) is 10.4 Å². The van der Waals surface area contributed by atoms with E-state index in [1.807, 2.05) is 48.9 Å². The van der Waals surface area contributed by atoms with Crippen LogP contribution in [0.2, 0.25) is 0 Å². The molecule has 4 aromatic rings. The average Bonchev–Trinajstić information content (AvgIpc) is 2.98. The number of alkyl halides is 3. The van der Waals surface area contributed by atoms with Gasteiger partial charge in [-0.25, -0.2) is 4.57 Å². The molecule has 6 heteroatoms. The molecule has 2 aromatic heterocycles. The Hall–Kier alpha value is -3.41. The molecule has 4 rings (SSSR count). The van der Waals surface area contributed by atoms with E-state index in [4.69, 9.17) is 0 Å². The molecule has 0 aliphatic carbocycles. The Morgan fingerprint density at radius 3 is 2.45 bits per heavy atom. The molecular formula is C25H22F3N2O+. The molecule has 0 saturated heterocycles. The molecule has 0 saturated carbocycles. The van der Waals surface area contributed by atoms with E-state index in [0.717, 1.165) is 40.8 Å². The van der Waals surface area contributed by atoms with Crippen molar-refractivity contribution >= 4 is 16.7 Å². The first kappa shape index (κ1) is 20.8. The molecule has 0 spiro atoms. The summed E-state index contributed by atoms with van der Waals surface area (Å²) in [6, 6.07) is 16.7. The lowest BCUT2D eigenvalue weighted by molar-refractivity contribution is -0.687. The lowest BCUT2D eigenvalue weighted by Gasteiger charge is -2.10. The second-order valence-corrected chi connectivity index (χ2v) is 7.70. The molecule has 3 nitrogen and oxygen atoms in total. The average molecular weight is 423 g/mol. The lowest BCUT2D eigenvalue weighted by atomic mass is 10.1. The normalized spacial score (nSPS) is 11.8. The van der Waals surface area contributed by atoms with Gasteiger partial charge in [0.15, 0.2) is 24.7 Å². The van der Waals surface area contributed by atoms with E-state index >= 15 is 0 Å². The van der Waals surface area contributed by atoms with Crippen LogP contribution in [0.25, 0.3) is 10.9 Å². The number of hydrogen-bond acceptors (Lipinski definition) is 1.